The Morgan fingerprint density at radius 3 is 1.15 bits per heavy atom. The van der Waals surface area contributed by atoms with Crippen LogP contribution in [0.2, 0.25) is 0 Å². The predicted molar refractivity (Wildman–Crippen MR) is 99.4 cm³/mol. The summed E-state index contributed by atoms with van der Waals surface area (Å²) in [6.45, 7) is 4.63. The molecule has 0 aliphatic carbocycles. The summed E-state index contributed by atoms with van der Waals surface area (Å²) in [4.78, 5) is 18.2. The van der Waals surface area contributed by atoms with Crippen molar-refractivity contribution < 1.29 is 19.8 Å². The lowest BCUT2D eigenvalue weighted by Gasteiger charge is -2.27. The Labute approximate surface area is 152 Å². The molecule has 0 bridgehead atoms. The molecule has 2 aromatic carbocycles. The van der Waals surface area contributed by atoms with E-state index in [1.165, 1.54) is 11.1 Å². The molecule has 2 saturated heterocycles. The summed E-state index contributed by atoms with van der Waals surface area (Å²) in [7, 11) is 0. The lowest BCUT2D eigenvalue weighted by Crippen LogP contribution is -2.39. The van der Waals surface area contributed by atoms with E-state index >= 15 is 0 Å². The molecule has 0 aromatic heterocycles. The van der Waals surface area contributed by atoms with Crippen LogP contribution in [0, 0.1) is 0 Å². The van der Waals surface area contributed by atoms with Crippen LogP contribution in [0.15, 0.2) is 60.7 Å². The molecule has 2 fully saturated rings. The van der Waals surface area contributed by atoms with Crippen molar-refractivity contribution in [3.63, 3.8) is 0 Å². The number of nitrogens with one attached hydrogen (secondary N) is 2. The van der Waals surface area contributed by atoms with E-state index in [4.69, 9.17) is 19.8 Å². The standard InChI is InChI=1S/2C9H11N.C2H2O4/c2*1-2-4-8(5-3-1)9-6-10-7-9;3-1(4)2(5)6/h2*1-5,9-10H,6-7H2;(H,3,4)(H,5,6). The van der Waals surface area contributed by atoms with Crippen LogP contribution in [0.4, 0.5) is 0 Å². The number of hydrogen-bond donors (Lipinski definition) is 4. The Bertz CT molecular complexity index is 622. The Balaban J connectivity index is 0.000000146. The van der Waals surface area contributed by atoms with Gasteiger partial charge < -0.3 is 20.8 Å². The maximum absolute atomic E-state index is 9.10. The molecule has 6 nitrogen and oxygen atoms in total. The van der Waals surface area contributed by atoms with Gasteiger partial charge in [-0.3, -0.25) is 0 Å². The minimum Gasteiger partial charge on any atom is -0.473 e. The zero-order valence-electron chi connectivity index (χ0n) is 14.5. The van der Waals surface area contributed by atoms with E-state index in [1.54, 1.807) is 0 Å². The molecular weight excluding hydrogens is 332 g/mol. The molecule has 2 aliphatic heterocycles. The fourth-order valence-corrected chi connectivity index (χ4v) is 2.50. The van der Waals surface area contributed by atoms with Crippen LogP contribution in [-0.4, -0.2) is 48.3 Å². The molecule has 0 atom stereocenters. The molecule has 138 valence electrons. The van der Waals surface area contributed by atoms with Gasteiger partial charge in [-0.2, -0.15) is 0 Å². The van der Waals surface area contributed by atoms with Crippen molar-refractivity contribution in [1.82, 2.24) is 10.6 Å². The van der Waals surface area contributed by atoms with Crippen LogP contribution in [0.5, 0.6) is 0 Å². The van der Waals surface area contributed by atoms with Gasteiger partial charge in [-0.1, -0.05) is 60.7 Å². The van der Waals surface area contributed by atoms with Gasteiger partial charge >= 0.3 is 11.9 Å². The summed E-state index contributed by atoms with van der Waals surface area (Å²) >= 11 is 0. The van der Waals surface area contributed by atoms with E-state index < -0.39 is 11.9 Å². The van der Waals surface area contributed by atoms with Crippen molar-refractivity contribution in [2.24, 2.45) is 0 Å². The van der Waals surface area contributed by atoms with Gasteiger partial charge in [0.2, 0.25) is 0 Å². The number of carbonyl (C=O) groups is 2. The molecule has 4 rings (SSSR count). The summed E-state index contributed by atoms with van der Waals surface area (Å²) in [5, 5.41) is 21.3. The van der Waals surface area contributed by atoms with Gasteiger partial charge in [0.15, 0.2) is 0 Å². The first-order valence-corrected chi connectivity index (χ1v) is 8.55. The molecule has 2 aromatic rings. The second-order valence-electron chi connectivity index (χ2n) is 6.14. The van der Waals surface area contributed by atoms with Gasteiger partial charge in [-0.15, -0.1) is 0 Å². The molecule has 4 N–H and O–H groups in total. The van der Waals surface area contributed by atoms with Crippen LogP contribution >= 0.6 is 0 Å². The SMILES string of the molecule is O=C(O)C(=O)O.c1ccc(C2CNC2)cc1.c1ccc(C2CNC2)cc1. The molecule has 26 heavy (non-hydrogen) atoms. The van der Waals surface area contributed by atoms with E-state index in [0.717, 1.165) is 38.0 Å². The fourth-order valence-electron chi connectivity index (χ4n) is 2.50. The lowest BCUT2D eigenvalue weighted by atomic mass is 9.94. The summed E-state index contributed by atoms with van der Waals surface area (Å²) in [6.07, 6.45) is 0. The summed E-state index contributed by atoms with van der Waals surface area (Å²) in [5.41, 5.74) is 2.95. The molecule has 0 amide bonds. The van der Waals surface area contributed by atoms with Crippen molar-refractivity contribution in [3.8, 4) is 0 Å². The second kappa shape index (κ2) is 10.3. The van der Waals surface area contributed by atoms with Crippen LogP contribution in [0.25, 0.3) is 0 Å². The molecule has 2 aliphatic rings. The minimum absolute atomic E-state index is 0.779. The van der Waals surface area contributed by atoms with E-state index in [2.05, 4.69) is 71.3 Å². The first kappa shape index (κ1) is 19.6. The summed E-state index contributed by atoms with van der Waals surface area (Å²) in [5.74, 6) is -2.09. The fraction of sp³-hybridized carbons (Fsp3) is 0.300. The van der Waals surface area contributed by atoms with Gasteiger partial charge in [0.25, 0.3) is 0 Å². The molecule has 2 heterocycles. The largest absolute Gasteiger partial charge is 0.473 e. The summed E-state index contributed by atoms with van der Waals surface area (Å²) < 4.78 is 0. The van der Waals surface area contributed by atoms with Crippen LogP contribution in [-0.2, 0) is 9.59 Å². The zero-order valence-corrected chi connectivity index (χ0v) is 14.5. The van der Waals surface area contributed by atoms with E-state index in [-0.39, 0.29) is 0 Å². The maximum atomic E-state index is 9.10. The normalized spacial score (nSPS) is 15.8. The highest BCUT2D eigenvalue weighted by molar-refractivity contribution is 6.27. The van der Waals surface area contributed by atoms with E-state index in [1.807, 2.05) is 0 Å². The van der Waals surface area contributed by atoms with Crippen molar-refractivity contribution in [3.05, 3.63) is 71.8 Å². The number of carboxylic acid groups (broad SMARTS) is 2. The quantitative estimate of drug-likeness (QED) is 0.614. The molecule has 0 spiro atoms. The van der Waals surface area contributed by atoms with Crippen molar-refractivity contribution in [2.45, 2.75) is 11.8 Å². The third kappa shape index (κ3) is 6.31. The number of aliphatic carboxylic acids is 2. The second-order valence-corrected chi connectivity index (χ2v) is 6.14. The Kier molecular flexibility index (Phi) is 7.79. The van der Waals surface area contributed by atoms with Crippen molar-refractivity contribution >= 4 is 11.9 Å². The highest BCUT2D eigenvalue weighted by Gasteiger charge is 2.18. The average Bonchev–Trinajstić information content (AvgIpc) is 2.55. The Morgan fingerprint density at radius 2 is 0.962 bits per heavy atom. The maximum Gasteiger partial charge on any atom is 0.414 e. The Morgan fingerprint density at radius 1 is 0.654 bits per heavy atom. The van der Waals surface area contributed by atoms with E-state index in [0.29, 0.717) is 0 Å². The molecule has 0 saturated carbocycles. The topological polar surface area (TPSA) is 98.7 Å². The number of rotatable bonds is 2. The monoisotopic (exact) mass is 356 g/mol. The minimum atomic E-state index is -1.82. The summed E-state index contributed by atoms with van der Waals surface area (Å²) in [6, 6.07) is 21.3. The van der Waals surface area contributed by atoms with Crippen molar-refractivity contribution in [2.75, 3.05) is 26.2 Å². The van der Waals surface area contributed by atoms with Gasteiger partial charge in [0.05, 0.1) is 0 Å². The van der Waals surface area contributed by atoms with Crippen molar-refractivity contribution in [1.29, 1.82) is 0 Å². The van der Waals surface area contributed by atoms with Crippen LogP contribution in [0.3, 0.4) is 0 Å². The van der Waals surface area contributed by atoms with E-state index in [9.17, 15) is 0 Å². The number of carboxylic acids is 2. The first-order chi connectivity index (χ1) is 12.6. The molecule has 0 radical (unpaired) electrons. The zero-order chi connectivity index (χ0) is 18.8. The number of benzene rings is 2. The predicted octanol–water partition coefficient (Wildman–Crippen LogP) is 1.90. The smallest absolute Gasteiger partial charge is 0.414 e. The van der Waals surface area contributed by atoms with Gasteiger partial charge in [-0.25, -0.2) is 9.59 Å². The highest BCUT2D eigenvalue weighted by atomic mass is 16.4. The molecule has 0 unspecified atom stereocenters. The average molecular weight is 356 g/mol. The third-order valence-corrected chi connectivity index (χ3v) is 4.29. The molecule has 6 heteroatoms. The Hall–Kier alpha value is -2.70. The molecular formula is C20H24N2O4. The highest BCUT2D eigenvalue weighted by Crippen LogP contribution is 2.19. The van der Waals surface area contributed by atoms with Gasteiger partial charge in [0.1, 0.15) is 0 Å². The lowest BCUT2D eigenvalue weighted by molar-refractivity contribution is -0.159. The third-order valence-electron chi connectivity index (χ3n) is 4.29. The van der Waals surface area contributed by atoms with Crippen LogP contribution in [0.1, 0.15) is 23.0 Å². The van der Waals surface area contributed by atoms with Gasteiger partial charge in [-0.05, 0) is 11.1 Å². The first-order valence-electron chi connectivity index (χ1n) is 8.55. The van der Waals surface area contributed by atoms with Crippen LogP contribution < -0.4 is 10.6 Å². The van der Waals surface area contributed by atoms with Gasteiger partial charge in [0, 0.05) is 38.0 Å². The number of hydrogen-bond acceptors (Lipinski definition) is 4.